The summed E-state index contributed by atoms with van der Waals surface area (Å²) in [5.41, 5.74) is 0. The average Bonchev–Trinajstić information content (AvgIpc) is 2.90. The van der Waals surface area contributed by atoms with E-state index in [1.54, 1.807) is 0 Å². The number of carbonyl (C=O) groups excluding carboxylic acids is 2. The molecule has 0 aromatic heterocycles. The molecule has 232 valence electrons. The number of hydrogen-bond acceptors (Lipinski definition) is 16. The fourth-order valence-corrected chi connectivity index (χ4v) is 4.86. The fourth-order valence-electron chi connectivity index (χ4n) is 4.86. The van der Waals surface area contributed by atoms with Crippen LogP contribution < -0.4 is 10.6 Å². The van der Waals surface area contributed by atoms with Gasteiger partial charge in [-0.3, -0.25) is 9.59 Å². The average molecular weight is 587 g/mol. The Hall–Kier alpha value is -1.62. The molecular weight excluding hydrogens is 548 g/mol. The van der Waals surface area contributed by atoms with E-state index in [1.165, 1.54) is 0 Å². The van der Waals surface area contributed by atoms with Crippen LogP contribution in [-0.2, 0) is 33.3 Å². The maximum absolute atomic E-state index is 12.1. The predicted molar refractivity (Wildman–Crippen MR) is 124 cm³/mol. The fraction of sp³-hybridized carbons (Fsp3) is 0.909. The molecule has 18 nitrogen and oxygen atoms in total. The van der Waals surface area contributed by atoms with Crippen molar-refractivity contribution < 1.29 is 79.2 Å². The summed E-state index contributed by atoms with van der Waals surface area (Å²) < 4.78 is 27.7. The Morgan fingerprint density at radius 3 is 1.55 bits per heavy atom. The summed E-state index contributed by atoms with van der Waals surface area (Å²) in [6.45, 7) is -0.146. The summed E-state index contributed by atoms with van der Waals surface area (Å²) in [4.78, 5) is 23.9. The second kappa shape index (κ2) is 14.0. The van der Waals surface area contributed by atoms with E-state index in [0.717, 1.165) is 13.8 Å². The van der Waals surface area contributed by atoms with E-state index in [0.29, 0.717) is 0 Å². The van der Waals surface area contributed by atoms with Gasteiger partial charge in [0.05, 0.1) is 19.8 Å². The largest absolute Gasteiger partial charge is 0.394 e. The van der Waals surface area contributed by atoms with Gasteiger partial charge in [-0.25, -0.2) is 0 Å². The summed E-state index contributed by atoms with van der Waals surface area (Å²) in [6, 6.07) is -2.92. The first kappa shape index (κ1) is 32.9. The number of amides is 2. The number of ether oxygens (including phenoxy) is 5. The molecule has 3 saturated heterocycles. The van der Waals surface area contributed by atoms with Gasteiger partial charge in [-0.1, -0.05) is 0 Å². The van der Waals surface area contributed by atoms with Crippen LogP contribution in [0.4, 0.5) is 0 Å². The quantitative estimate of drug-likeness (QED) is 0.120. The summed E-state index contributed by atoms with van der Waals surface area (Å²) in [7, 11) is 0. The first-order valence-electron chi connectivity index (χ1n) is 12.6. The molecule has 2 amide bonds. The van der Waals surface area contributed by atoms with Crippen molar-refractivity contribution in [1.82, 2.24) is 10.6 Å². The van der Waals surface area contributed by atoms with Crippen LogP contribution in [0.2, 0.25) is 0 Å². The first-order chi connectivity index (χ1) is 18.8. The molecule has 0 aliphatic carbocycles. The van der Waals surface area contributed by atoms with Crippen LogP contribution >= 0.6 is 0 Å². The number of hydrogen-bond donors (Lipinski definition) is 11. The Morgan fingerprint density at radius 2 is 1.02 bits per heavy atom. The maximum Gasteiger partial charge on any atom is 0.217 e. The molecule has 18 heteroatoms. The highest BCUT2D eigenvalue weighted by atomic mass is 16.7. The Kier molecular flexibility index (Phi) is 11.5. The second-order valence-electron chi connectivity index (χ2n) is 9.81. The van der Waals surface area contributed by atoms with Crippen LogP contribution in [0.3, 0.4) is 0 Å². The molecule has 3 rings (SSSR count). The highest BCUT2D eigenvalue weighted by molar-refractivity contribution is 5.73. The van der Waals surface area contributed by atoms with Gasteiger partial charge in [-0.15, -0.1) is 0 Å². The Morgan fingerprint density at radius 1 is 0.600 bits per heavy atom. The van der Waals surface area contributed by atoms with Gasteiger partial charge in [0.15, 0.2) is 18.9 Å². The molecule has 40 heavy (non-hydrogen) atoms. The van der Waals surface area contributed by atoms with Crippen LogP contribution in [0.1, 0.15) is 13.8 Å². The molecule has 0 saturated carbocycles. The topological polar surface area (TPSA) is 286 Å². The number of rotatable bonds is 9. The smallest absolute Gasteiger partial charge is 0.217 e. The van der Waals surface area contributed by atoms with Gasteiger partial charge in [0.2, 0.25) is 11.8 Å². The minimum atomic E-state index is -1.89. The Bertz CT molecular complexity index is 854. The zero-order valence-corrected chi connectivity index (χ0v) is 21.7. The van der Waals surface area contributed by atoms with Gasteiger partial charge in [-0.05, 0) is 0 Å². The molecule has 3 aliphatic heterocycles. The van der Waals surface area contributed by atoms with Crippen molar-refractivity contribution in [3.63, 3.8) is 0 Å². The van der Waals surface area contributed by atoms with Gasteiger partial charge < -0.3 is 80.3 Å². The highest BCUT2D eigenvalue weighted by Gasteiger charge is 2.54. The van der Waals surface area contributed by atoms with Crippen molar-refractivity contribution in [1.29, 1.82) is 0 Å². The number of aliphatic hydroxyl groups excluding tert-OH is 9. The summed E-state index contributed by atoms with van der Waals surface area (Å²) in [5.74, 6) is -1.35. The third-order valence-electron chi connectivity index (χ3n) is 6.90. The van der Waals surface area contributed by atoms with Crippen LogP contribution in [0.25, 0.3) is 0 Å². The molecule has 11 N–H and O–H groups in total. The molecule has 0 aromatic carbocycles. The van der Waals surface area contributed by atoms with Crippen molar-refractivity contribution in [2.75, 3.05) is 19.8 Å². The minimum absolute atomic E-state index is 0.657. The molecule has 0 bridgehead atoms. The van der Waals surface area contributed by atoms with Gasteiger partial charge in [0.1, 0.15) is 73.1 Å². The molecule has 0 radical (unpaired) electrons. The Balaban J connectivity index is 1.95. The second-order valence-corrected chi connectivity index (χ2v) is 9.81. The summed E-state index contributed by atoms with van der Waals surface area (Å²) in [6.07, 6.45) is -21.4. The molecule has 1 unspecified atom stereocenters. The first-order valence-corrected chi connectivity index (χ1v) is 12.6. The zero-order chi connectivity index (χ0) is 29.9. The van der Waals surface area contributed by atoms with E-state index in [2.05, 4.69) is 10.6 Å². The maximum atomic E-state index is 12.1. The van der Waals surface area contributed by atoms with E-state index in [9.17, 15) is 55.5 Å². The lowest BCUT2D eigenvalue weighted by molar-refractivity contribution is -0.357. The van der Waals surface area contributed by atoms with Gasteiger partial charge in [-0.2, -0.15) is 0 Å². The SMILES string of the molecule is CC(=O)N[C@H]1[C@@H](O[C@H]2[C@@H](O)[C@@H](CO)O[C@@H](O[C@H]3[C@@H](O)[C@@H](CO)OC(O)[C@@H]3O)[C@@H]2NC(C)=O)O[C@H](CO)[C@H](O)[C@@H]1O. The van der Waals surface area contributed by atoms with Crippen LogP contribution in [-0.4, -0.2) is 170 Å². The molecule has 3 fully saturated rings. The lowest BCUT2D eigenvalue weighted by Gasteiger charge is -2.49. The van der Waals surface area contributed by atoms with Gasteiger partial charge >= 0.3 is 0 Å². The minimum Gasteiger partial charge on any atom is -0.394 e. The van der Waals surface area contributed by atoms with Crippen LogP contribution in [0.5, 0.6) is 0 Å². The highest BCUT2D eigenvalue weighted by Crippen LogP contribution is 2.32. The van der Waals surface area contributed by atoms with Crippen molar-refractivity contribution in [3.05, 3.63) is 0 Å². The van der Waals surface area contributed by atoms with E-state index in [4.69, 9.17) is 23.7 Å². The lowest BCUT2D eigenvalue weighted by Crippen LogP contribution is -2.70. The number of nitrogens with one attached hydrogen (secondary N) is 2. The van der Waals surface area contributed by atoms with Crippen molar-refractivity contribution in [3.8, 4) is 0 Å². The van der Waals surface area contributed by atoms with E-state index in [-0.39, 0.29) is 0 Å². The number of carbonyl (C=O) groups is 2. The molecule has 0 spiro atoms. The van der Waals surface area contributed by atoms with Crippen molar-refractivity contribution in [2.45, 2.75) is 106 Å². The van der Waals surface area contributed by atoms with Crippen molar-refractivity contribution >= 4 is 11.8 Å². The molecule has 0 aromatic rings. The third-order valence-corrected chi connectivity index (χ3v) is 6.90. The van der Waals surface area contributed by atoms with Gasteiger partial charge in [0.25, 0.3) is 0 Å². The lowest BCUT2D eigenvalue weighted by atomic mass is 9.94. The zero-order valence-electron chi connectivity index (χ0n) is 21.7. The monoisotopic (exact) mass is 586 g/mol. The molecule has 15 atom stereocenters. The third kappa shape index (κ3) is 7.05. The van der Waals surface area contributed by atoms with Crippen LogP contribution in [0.15, 0.2) is 0 Å². The Labute approximate surface area is 228 Å². The normalized spacial score (nSPS) is 46.0. The molecular formula is C22H38N2O16. The van der Waals surface area contributed by atoms with Gasteiger partial charge in [0, 0.05) is 13.8 Å². The van der Waals surface area contributed by atoms with E-state index >= 15 is 0 Å². The standard InChI is InChI=1S/C22H38N2O16/c1-6(28)23-11-16(33)13(30)8(3-25)37-21(11)39-18-12(24-7(2)29)22(38-10(5-27)14(18)31)40-19-15(32)9(4-26)36-20(35)17(19)34/h8-22,25-27,30-35H,3-5H2,1-2H3,(H,23,28)(H,24,29)/t8-,9-,10-,11-,12-,13+,14+,15+,16-,17-,18-,19+,20?,21-,22+/m1/s1. The van der Waals surface area contributed by atoms with Crippen LogP contribution in [0, 0.1) is 0 Å². The molecule has 3 heterocycles. The summed E-state index contributed by atoms with van der Waals surface area (Å²) >= 11 is 0. The summed E-state index contributed by atoms with van der Waals surface area (Å²) in [5, 5.41) is 96.5. The van der Waals surface area contributed by atoms with E-state index in [1.807, 2.05) is 0 Å². The number of aliphatic hydroxyl groups is 9. The predicted octanol–water partition coefficient (Wildman–Crippen LogP) is -7.29. The molecule has 3 aliphatic rings. The van der Waals surface area contributed by atoms with Crippen molar-refractivity contribution in [2.24, 2.45) is 0 Å². The van der Waals surface area contributed by atoms with E-state index < -0.39 is 124 Å².